The molecule has 1 heterocycles. The number of rotatable bonds is 3. The SMILES string of the molecule is CSOC[C@@H]1OCC(=O)O1. The zero-order valence-electron chi connectivity index (χ0n) is 5.53. The highest BCUT2D eigenvalue weighted by atomic mass is 32.2. The maximum absolute atomic E-state index is 10.4. The van der Waals surface area contributed by atoms with Crippen molar-refractivity contribution in [2.45, 2.75) is 6.29 Å². The van der Waals surface area contributed by atoms with Crippen LogP contribution in [0.1, 0.15) is 0 Å². The average Bonchev–Trinajstić information content (AvgIpc) is 2.31. The van der Waals surface area contributed by atoms with Gasteiger partial charge in [0.05, 0.1) is 0 Å². The molecule has 0 aromatic carbocycles. The van der Waals surface area contributed by atoms with Crippen molar-refractivity contribution in [3.63, 3.8) is 0 Å². The van der Waals surface area contributed by atoms with Gasteiger partial charge in [0.2, 0.25) is 6.29 Å². The van der Waals surface area contributed by atoms with Gasteiger partial charge in [-0.3, -0.25) is 0 Å². The maximum Gasteiger partial charge on any atom is 0.334 e. The number of hydrogen-bond donors (Lipinski definition) is 0. The predicted molar refractivity (Wildman–Crippen MR) is 35.3 cm³/mol. The first-order valence-corrected chi connectivity index (χ1v) is 3.94. The monoisotopic (exact) mass is 164 g/mol. The van der Waals surface area contributed by atoms with Crippen LogP contribution >= 0.6 is 12.0 Å². The van der Waals surface area contributed by atoms with Crippen LogP contribution < -0.4 is 0 Å². The van der Waals surface area contributed by atoms with Crippen LogP contribution in [-0.2, 0) is 18.5 Å². The van der Waals surface area contributed by atoms with Gasteiger partial charge in [-0.1, -0.05) is 0 Å². The molecule has 0 radical (unpaired) electrons. The molecule has 0 spiro atoms. The van der Waals surface area contributed by atoms with Crippen molar-refractivity contribution in [3.05, 3.63) is 0 Å². The topological polar surface area (TPSA) is 44.8 Å². The fourth-order valence-corrected chi connectivity index (χ4v) is 0.829. The fourth-order valence-electron chi connectivity index (χ4n) is 0.581. The summed E-state index contributed by atoms with van der Waals surface area (Å²) in [4.78, 5) is 10.4. The van der Waals surface area contributed by atoms with Crippen LogP contribution in [0, 0.1) is 0 Å². The van der Waals surface area contributed by atoms with Crippen LogP contribution in [-0.4, -0.2) is 31.7 Å². The molecule has 10 heavy (non-hydrogen) atoms. The Morgan fingerprint density at radius 3 is 3.20 bits per heavy atom. The zero-order chi connectivity index (χ0) is 7.40. The standard InChI is InChI=1S/C5H8O4S/c1-10-8-3-5-7-2-4(6)9-5/h5H,2-3H2,1H3/t5-/m1/s1. The van der Waals surface area contributed by atoms with Crippen LogP contribution in [0.2, 0.25) is 0 Å². The highest BCUT2D eigenvalue weighted by Crippen LogP contribution is 2.07. The second kappa shape index (κ2) is 3.80. The van der Waals surface area contributed by atoms with Gasteiger partial charge in [0, 0.05) is 6.26 Å². The fraction of sp³-hybridized carbons (Fsp3) is 0.800. The molecule has 1 atom stereocenters. The van der Waals surface area contributed by atoms with Crippen molar-refractivity contribution in [2.75, 3.05) is 19.5 Å². The lowest BCUT2D eigenvalue weighted by atomic mass is 10.7. The Morgan fingerprint density at radius 1 is 1.90 bits per heavy atom. The van der Waals surface area contributed by atoms with Gasteiger partial charge in [-0.05, 0) is 12.0 Å². The molecule has 1 rings (SSSR count). The van der Waals surface area contributed by atoms with Gasteiger partial charge in [-0.2, -0.15) is 0 Å². The molecule has 0 N–H and O–H groups in total. The van der Waals surface area contributed by atoms with E-state index in [0.29, 0.717) is 6.61 Å². The summed E-state index contributed by atoms with van der Waals surface area (Å²) in [5.41, 5.74) is 0. The van der Waals surface area contributed by atoms with E-state index in [-0.39, 0.29) is 12.6 Å². The van der Waals surface area contributed by atoms with E-state index in [2.05, 4.69) is 4.74 Å². The quantitative estimate of drug-likeness (QED) is 0.440. The normalized spacial score (nSPS) is 24.9. The first-order chi connectivity index (χ1) is 4.83. The summed E-state index contributed by atoms with van der Waals surface area (Å²) in [6, 6.07) is 0. The van der Waals surface area contributed by atoms with Gasteiger partial charge >= 0.3 is 5.97 Å². The lowest BCUT2D eigenvalue weighted by Crippen LogP contribution is -2.14. The maximum atomic E-state index is 10.4. The summed E-state index contributed by atoms with van der Waals surface area (Å²) in [6.45, 7) is 0.343. The first kappa shape index (κ1) is 7.84. The molecule has 0 aliphatic carbocycles. The number of cyclic esters (lactones) is 1. The highest BCUT2D eigenvalue weighted by Gasteiger charge is 2.23. The van der Waals surface area contributed by atoms with Gasteiger partial charge in [-0.15, -0.1) is 0 Å². The smallest absolute Gasteiger partial charge is 0.334 e. The molecule has 1 aliphatic rings. The molecule has 0 saturated carbocycles. The Bertz CT molecular complexity index is 127. The first-order valence-electron chi connectivity index (χ1n) is 2.79. The Balaban J connectivity index is 2.12. The van der Waals surface area contributed by atoms with Crippen LogP contribution in [0.4, 0.5) is 0 Å². The van der Waals surface area contributed by atoms with E-state index in [1.807, 2.05) is 0 Å². The average molecular weight is 164 g/mol. The Labute approximate surface area is 63.0 Å². The third kappa shape index (κ3) is 2.17. The number of ether oxygens (including phenoxy) is 2. The molecule has 1 aliphatic heterocycles. The summed E-state index contributed by atoms with van der Waals surface area (Å²) in [5.74, 6) is -0.324. The van der Waals surface area contributed by atoms with Gasteiger partial charge in [-0.25, -0.2) is 4.79 Å². The molecule has 58 valence electrons. The minimum atomic E-state index is -0.500. The molecule has 0 amide bonds. The van der Waals surface area contributed by atoms with Gasteiger partial charge in [0.25, 0.3) is 0 Å². The van der Waals surface area contributed by atoms with Crippen molar-refractivity contribution in [3.8, 4) is 0 Å². The lowest BCUT2D eigenvalue weighted by Gasteiger charge is -2.05. The van der Waals surface area contributed by atoms with Crippen molar-refractivity contribution >= 4 is 18.0 Å². The van der Waals surface area contributed by atoms with Crippen LogP contribution in [0.15, 0.2) is 0 Å². The molecule has 0 unspecified atom stereocenters. The largest absolute Gasteiger partial charge is 0.431 e. The summed E-state index contributed by atoms with van der Waals surface area (Å²) in [5, 5.41) is 0. The number of hydrogen-bond acceptors (Lipinski definition) is 5. The van der Waals surface area contributed by atoms with Crippen molar-refractivity contribution in [1.82, 2.24) is 0 Å². The van der Waals surface area contributed by atoms with Crippen molar-refractivity contribution in [2.24, 2.45) is 0 Å². The van der Waals surface area contributed by atoms with E-state index in [9.17, 15) is 4.79 Å². The van der Waals surface area contributed by atoms with Crippen LogP contribution in [0.5, 0.6) is 0 Å². The lowest BCUT2D eigenvalue weighted by molar-refractivity contribution is -0.145. The third-order valence-corrected chi connectivity index (χ3v) is 1.34. The molecule has 1 fully saturated rings. The second-order valence-electron chi connectivity index (χ2n) is 1.68. The summed E-state index contributed by atoms with van der Waals surface area (Å²) in [7, 11) is 0. The molecule has 5 heteroatoms. The Morgan fingerprint density at radius 2 is 2.70 bits per heavy atom. The highest BCUT2D eigenvalue weighted by molar-refractivity contribution is 7.93. The van der Waals surface area contributed by atoms with E-state index in [4.69, 9.17) is 8.92 Å². The molecule has 0 aromatic rings. The summed E-state index contributed by atoms with van der Waals surface area (Å²) < 4.78 is 14.4. The molecular formula is C5H8O4S. The van der Waals surface area contributed by atoms with Gasteiger partial charge < -0.3 is 13.7 Å². The second-order valence-corrected chi connectivity index (χ2v) is 2.25. The van der Waals surface area contributed by atoms with E-state index >= 15 is 0 Å². The Kier molecular flexibility index (Phi) is 2.98. The zero-order valence-corrected chi connectivity index (χ0v) is 6.35. The minimum Gasteiger partial charge on any atom is -0.431 e. The van der Waals surface area contributed by atoms with E-state index in [1.54, 1.807) is 6.26 Å². The van der Waals surface area contributed by atoms with Crippen molar-refractivity contribution < 1.29 is 18.5 Å². The minimum absolute atomic E-state index is 0.0441. The number of esters is 1. The van der Waals surface area contributed by atoms with Gasteiger partial charge in [0.15, 0.2) is 0 Å². The molecule has 1 saturated heterocycles. The third-order valence-electron chi connectivity index (χ3n) is 0.972. The molecule has 0 bridgehead atoms. The van der Waals surface area contributed by atoms with Crippen molar-refractivity contribution in [1.29, 1.82) is 0 Å². The number of carbonyl (C=O) groups is 1. The molecular weight excluding hydrogens is 156 g/mol. The van der Waals surface area contributed by atoms with E-state index in [0.717, 1.165) is 0 Å². The Hall–Kier alpha value is -0.260. The summed E-state index contributed by atoms with van der Waals surface area (Å²) >= 11 is 1.22. The summed E-state index contributed by atoms with van der Waals surface area (Å²) in [6.07, 6.45) is 1.29. The molecule has 0 aromatic heterocycles. The van der Waals surface area contributed by atoms with Crippen LogP contribution in [0.3, 0.4) is 0 Å². The molecule has 4 nitrogen and oxygen atoms in total. The van der Waals surface area contributed by atoms with E-state index < -0.39 is 6.29 Å². The van der Waals surface area contributed by atoms with E-state index in [1.165, 1.54) is 12.0 Å². The predicted octanol–water partition coefficient (Wildman–Crippen LogP) is 0.180. The van der Waals surface area contributed by atoms with Crippen LogP contribution in [0.25, 0.3) is 0 Å². The number of carbonyl (C=O) groups excluding carboxylic acids is 1. The van der Waals surface area contributed by atoms with Gasteiger partial charge in [0.1, 0.15) is 13.2 Å².